The minimum Gasteiger partial charge on any atom is -0.155 e. The standard InChI is InChI=1S/C18H36S/c1-3-5-7-8-9-13-17-19-18(14-6-4-2)15-11-10-12-16-18/h3-17H2,1-2H3. The van der Waals surface area contributed by atoms with Gasteiger partial charge in [-0.15, -0.1) is 0 Å². The van der Waals surface area contributed by atoms with E-state index in [1.54, 1.807) is 0 Å². The summed E-state index contributed by atoms with van der Waals surface area (Å²) in [5.74, 6) is 1.43. The van der Waals surface area contributed by atoms with E-state index in [0.29, 0.717) is 4.75 Å². The lowest BCUT2D eigenvalue weighted by Crippen LogP contribution is -2.28. The molecule has 0 spiro atoms. The third kappa shape index (κ3) is 7.63. The molecule has 1 aliphatic rings. The molecule has 0 bridgehead atoms. The van der Waals surface area contributed by atoms with Gasteiger partial charge in [-0.2, -0.15) is 11.8 Å². The minimum absolute atomic E-state index is 0.692. The Morgan fingerprint density at radius 2 is 1.37 bits per heavy atom. The van der Waals surface area contributed by atoms with Gasteiger partial charge in [0.25, 0.3) is 0 Å². The topological polar surface area (TPSA) is 0 Å². The summed E-state index contributed by atoms with van der Waals surface area (Å²) >= 11 is 2.35. The van der Waals surface area contributed by atoms with Crippen LogP contribution in [0.3, 0.4) is 0 Å². The molecule has 1 aliphatic carbocycles. The number of unbranched alkanes of at least 4 members (excludes halogenated alkanes) is 6. The van der Waals surface area contributed by atoms with Crippen LogP contribution in [-0.2, 0) is 0 Å². The third-order valence-electron chi connectivity index (χ3n) is 4.66. The van der Waals surface area contributed by atoms with Gasteiger partial charge in [0, 0.05) is 4.75 Å². The van der Waals surface area contributed by atoms with E-state index in [1.165, 1.54) is 95.6 Å². The molecule has 1 heteroatoms. The van der Waals surface area contributed by atoms with Crippen molar-refractivity contribution in [3.63, 3.8) is 0 Å². The molecule has 0 saturated heterocycles. The first kappa shape index (κ1) is 17.4. The summed E-state index contributed by atoms with van der Waals surface area (Å²) in [5, 5.41) is 0. The largest absolute Gasteiger partial charge is 0.155 e. The molecule has 0 atom stereocenters. The maximum Gasteiger partial charge on any atom is 0.0160 e. The van der Waals surface area contributed by atoms with Gasteiger partial charge in [0.2, 0.25) is 0 Å². The van der Waals surface area contributed by atoms with E-state index < -0.39 is 0 Å². The highest BCUT2D eigenvalue weighted by molar-refractivity contribution is 8.00. The van der Waals surface area contributed by atoms with Gasteiger partial charge in [-0.25, -0.2) is 0 Å². The summed E-state index contributed by atoms with van der Waals surface area (Å²) in [5.41, 5.74) is 0. The zero-order chi connectivity index (χ0) is 13.8. The van der Waals surface area contributed by atoms with Gasteiger partial charge in [-0.3, -0.25) is 0 Å². The van der Waals surface area contributed by atoms with E-state index >= 15 is 0 Å². The van der Waals surface area contributed by atoms with Crippen molar-refractivity contribution < 1.29 is 0 Å². The SMILES string of the molecule is CCCCCCCCSC1(CCCC)CCCCC1. The maximum absolute atomic E-state index is 2.35. The average molecular weight is 285 g/mol. The second-order valence-electron chi connectivity index (χ2n) is 6.46. The zero-order valence-corrected chi connectivity index (χ0v) is 14.3. The molecule has 0 aliphatic heterocycles. The number of hydrogen-bond donors (Lipinski definition) is 0. The van der Waals surface area contributed by atoms with Crippen molar-refractivity contribution in [3.8, 4) is 0 Å². The van der Waals surface area contributed by atoms with Crippen LogP contribution in [0.15, 0.2) is 0 Å². The molecule has 0 unspecified atom stereocenters. The molecule has 0 aromatic heterocycles. The number of thioether (sulfide) groups is 1. The van der Waals surface area contributed by atoms with Gasteiger partial charge < -0.3 is 0 Å². The van der Waals surface area contributed by atoms with Gasteiger partial charge >= 0.3 is 0 Å². The quantitative estimate of drug-likeness (QED) is 0.369. The lowest BCUT2D eigenvalue weighted by Gasteiger charge is -2.37. The summed E-state index contributed by atoms with van der Waals surface area (Å²) < 4.78 is 0.692. The Balaban J connectivity index is 2.14. The van der Waals surface area contributed by atoms with Gasteiger partial charge in [0.05, 0.1) is 0 Å². The minimum atomic E-state index is 0.692. The Labute approximate surface area is 126 Å². The zero-order valence-electron chi connectivity index (χ0n) is 13.5. The van der Waals surface area contributed by atoms with Crippen LogP contribution in [0.2, 0.25) is 0 Å². The summed E-state index contributed by atoms with van der Waals surface area (Å²) in [4.78, 5) is 0. The molecule has 19 heavy (non-hydrogen) atoms. The molecule has 0 amide bonds. The van der Waals surface area contributed by atoms with Crippen LogP contribution in [0.25, 0.3) is 0 Å². The summed E-state index contributed by atoms with van der Waals surface area (Å²) in [6.45, 7) is 4.64. The van der Waals surface area contributed by atoms with E-state index in [-0.39, 0.29) is 0 Å². The molecule has 0 N–H and O–H groups in total. The molecule has 114 valence electrons. The van der Waals surface area contributed by atoms with Crippen LogP contribution in [-0.4, -0.2) is 10.5 Å². The molecular formula is C18H36S. The van der Waals surface area contributed by atoms with Crippen molar-refractivity contribution in [1.29, 1.82) is 0 Å². The average Bonchev–Trinajstić information content (AvgIpc) is 2.45. The van der Waals surface area contributed by atoms with Gasteiger partial charge in [-0.05, 0) is 31.4 Å². The fourth-order valence-electron chi connectivity index (χ4n) is 3.33. The van der Waals surface area contributed by atoms with Crippen LogP contribution in [0, 0.1) is 0 Å². The first-order valence-electron chi connectivity index (χ1n) is 8.97. The number of hydrogen-bond acceptors (Lipinski definition) is 1. The van der Waals surface area contributed by atoms with Crippen LogP contribution < -0.4 is 0 Å². The van der Waals surface area contributed by atoms with Crippen molar-refractivity contribution in [2.75, 3.05) is 5.75 Å². The Bertz CT molecular complexity index is 194. The second-order valence-corrected chi connectivity index (χ2v) is 8.03. The molecule has 0 aromatic rings. The maximum atomic E-state index is 2.35. The Kier molecular flexibility index (Phi) is 10.1. The van der Waals surface area contributed by atoms with Crippen LogP contribution in [0.4, 0.5) is 0 Å². The van der Waals surface area contributed by atoms with Crippen molar-refractivity contribution in [2.24, 2.45) is 0 Å². The molecular weight excluding hydrogens is 248 g/mol. The Morgan fingerprint density at radius 3 is 2.05 bits per heavy atom. The van der Waals surface area contributed by atoms with E-state index in [2.05, 4.69) is 25.6 Å². The van der Waals surface area contributed by atoms with Crippen molar-refractivity contribution in [3.05, 3.63) is 0 Å². The molecule has 0 nitrogen and oxygen atoms in total. The highest BCUT2D eigenvalue weighted by atomic mass is 32.2. The van der Waals surface area contributed by atoms with Crippen molar-refractivity contribution >= 4 is 11.8 Å². The van der Waals surface area contributed by atoms with E-state index in [1.807, 2.05) is 0 Å². The van der Waals surface area contributed by atoms with Crippen LogP contribution >= 0.6 is 11.8 Å². The Hall–Kier alpha value is 0.350. The van der Waals surface area contributed by atoms with Crippen LogP contribution in [0.5, 0.6) is 0 Å². The van der Waals surface area contributed by atoms with E-state index in [0.717, 1.165) is 0 Å². The third-order valence-corrected chi connectivity index (χ3v) is 6.37. The predicted octanol–water partition coefficient (Wildman–Crippen LogP) is 6.97. The molecule has 1 fully saturated rings. The van der Waals surface area contributed by atoms with Crippen LogP contribution in [0.1, 0.15) is 104 Å². The molecule has 1 rings (SSSR count). The normalized spacial score (nSPS) is 18.6. The summed E-state index contributed by atoms with van der Waals surface area (Å²) in [7, 11) is 0. The highest BCUT2D eigenvalue weighted by Gasteiger charge is 2.31. The van der Waals surface area contributed by atoms with Gasteiger partial charge in [-0.1, -0.05) is 78.1 Å². The van der Waals surface area contributed by atoms with Gasteiger partial charge in [0.15, 0.2) is 0 Å². The predicted molar refractivity (Wildman–Crippen MR) is 91.2 cm³/mol. The first-order valence-corrected chi connectivity index (χ1v) is 9.95. The smallest absolute Gasteiger partial charge is 0.0160 e. The molecule has 1 saturated carbocycles. The lowest BCUT2D eigenvalue weighted by atomic mass is 9.85. The first-order chi connectivity index (χ1) is 9.33. The van der Waals surface area contributed by atoms with Gasteiger partial charge in [0.1, 0.15) is 0 Å². The fourth-order valence-corrected chi connectivity index (χ4v) is 4.98. The lowest BCUT2D eigenvalue weighted by molar-refractivity contribution is 0.369. The highest BCUT2D eigenvalue weighted by Crippen LogP contribution is 2.44. The monoisotopic (exact) mass is 284 g/mol. The fraction of sp³-hybridized carbons (Fsp3) is 1.00. The van der Waals surface area contributed by atoms with E-state index in [4.69, 9.17) is 0 Å². The summed E-state index contributed by atoms with van der Waals surface area (Å²) in [6.07, 6.45) is 20.5. The molecule has 0 aromatic carbocycles. The van der Waals surface area contributed by atoms with Crippen molar-refractivity contribution in [1.82, 2.24) is 0 Å². The summed E-state index contributed by atoms with van der Waals surface area (Å²) in [6, 6.07) is 0. The second kappa shape index (κ2) is 11.1. The molecule has 0 radical (unpaired) electrons. The Morgan fingerprint density at radius 1 is 0.737 bits per heavy atom. The molecule has 0 heterocycles. The van der Waals surface area contributed by atoms with E-state index in [9.17, 15) is 0 Å². The van der Waals surface area contributed by atoms with Crippen molar-refractivity contribution in [2.45, 2.75) is 108 Å². The number of rotatable bonds is 11.